The van der Waals surface area contributed by atoms with Gasteiger partial charge in [0.1, 0.15) is 5.60 Å². The van der Waals surface area contributed by atoms with Gasteiger partial charge in [-0.2, -0.15) is 0 Å². The number of ether oxygens (including phenoxy) is 2. The molecule has 1 heterocycles. The van der Waals surface area contributed by atoms with Crippen molar-refractivity contribution < 1.29 is 23.5 Å². The van der Waals surface area contributed by atoms with Gasteiger partial charge in [-0.05, 0) is 70.5 Å². The molecule has 1 aliphatic heterocycles. The Hall–Kier alpha value is -1.14. The van der Waals surface area contributed by atoms with Crippen molar-refractivity contribution in [2.45, 2.75) is 70.4 Å². The summed E-state index contributed by atoms with van der Waals surface area (Å²) in [5.41, 5.74) is -0.359. The highest BCUT2D eigenvalue weighted by Crippen LogP contribution is 2.98. The number of hydrogen-bond acceptors (Lipinski definition) is 5. The zero-order chi connectivity index (χ0) is 20.8. The van der Waals surface area contributed by atoms with Crippen molar-refractivity contribution in [1.29, 1.82) is 0 Å². The lowest BCUT2D eigenvalue weighted by molar-refractivity contribution is -0.180. The number of methoxy groups -OCH3 is 1. The third-order valence-electron chi connectivity index (χ3n) is 9.94. The number of carbonyl (C=O) groups is 2. The van der Waals surface area contributed by atoms with Crippen LogP contribution < -0.4 is 0 Å². The van der Waals surface area contributed by atoms with Gasteiger partial charge < -0.3 is 13.9 Å². The van der Waals surface area contributed by atoms with Gasteiger partial charge in [0.25, 0.3) is 0 Å². The Morgan fingerprint density at radius 3 is 2.62 bits per heavy atom. The molecule has 0 radical (unpaired) electrons. The number of hydrogen-bond donors (Lipinski definition) is 0. The largest absolute Gasteiger partial charge is 0.469 e. The van der Waals surface area contributed by atoms with Crippen LogP contribution >= 0.6 is 0 Å². The Balaban J connectivity index is 1.61. The molecule has 1 saturated heterocycles. The Labute approximate surface area is 173 Å². The highest BCUT2D eigenvalue weighted by Gasteiger charge is 3.02. The summed E-state index contributed by atoms with van der Waals surface area (Å²) >= 11 is 0. The van der Waals surface area contributed by atoms with Crippen LogP contribution in [0.25, 0.3) is 0 Å². The van der Waals surface area contributed by atoms with Crippen molar-refractivity contribution in [3.8, 4) is 0 Å². The standard InChI is InChI=1S/C23H32O5Si/c1-12-13-7-10-22-16(12)21(22,11-13)15(18(24)26-3)17-20(2)9-8-14(28-29(4,5)6)23(17,22)27-19(20)25/h13-17H,1,7-11H2,2-6H3/t13?,14-,15-,16?,17-,20?,21-,22?,23+/m0/s1. The Morgan fingerprint density at radius 2 is 1.97 bits per heavy atom. The summed E-state index contributed by atoms with van der Waals surface area (Å²) in [7, 11) is -0.395. The summed E-state index contributed by atoms with van der Waals surface area (Å²) in [4.78, 5) is 26.7. The maximum atomic E-state index is 13.3. The molecule has 29 heavy (non-hydrogen) atoms. The molecule has 7 fully saturated rings. The molecule has 5 nitrogen and oxygen atoms in total. The first kappa shape index (κ1) is 18.6. The average molecular weight is 417 g/mol. The van der Waals surface area contributed by atoms with Gasteiger partial charge in [0.2, 0.25) is 0 Å². The van der Waals surface area contributed by atoms with Gasteiger partial charge >= 0.3 is 11.9 Å². The summed E-state index contributed by atoms with van der Waals surface area (Å²) in [6, 6.07) is 0. The maximum Gasteiger partial charge on any atom is 0.312 e. The van der Waals surface area contributed by atoms with Gasteiger partial charge in [0.05, 0.1) is 24.5 Å². The molecule has 4 unspecified atom stereocenters. The second-order valence-corrected chi connectivity index (χ2v) is 16.3. The summed E-state index contributed by atoms with van der Waals surface area (Å²) < 4.78 is 18.7. The van der Waals surface area contributed by atoms with Crippen molar-refractivity contribution in [3.63, 3.8) is 0 Å². The smallest absolute Gasteiger partial charge is 0.312 e. The van der Waals surface area contributed by atoms with Gasteiger partial charge in [-0.15, -0.1) is 0 Å². The van der Waals surface area contributed by atoms with Crippen LogP contribution in [-0.2, 0) is 23.5 Å². The molecule has 7 rings (SSSR count). The number of carbonyl (C=O) groups excluding carboxylic acids is 2. The van der Waals surface area contributed by atoms with Crippen LogP contribution in [0.15, 0.2) is 12.2 Å². The minimum atomic E-state index is -1.88. The predicted octanol–water partition coefficient (Wildman–Crippen LogP) is 3.69. The molecule has 158 valence electrons. The van der Waals surface area contributed by atoms with Crippen LogP contribution in [0.5, 0.6) is 0 Å². The van der Waals surface area contributed by atoms with Crippen molar-refractivity contribution in [2.24, 2.45) is 39.9 Å². The monoisotopic (exact) mass is 416 g/mol. The third kappa shape index (κ3) is 1.60. The van der Waals surface area contributed by atoms with Gasteiger partial charge in [0.15, 0.2) is 8.32 Å². The van der Waals surface area contributed by atoms with E-state index in [1.165, 1.54) is 12.7 Å². The van der Waals surface area contributed by atoms with E-state index in [2.05, 4.69) is 26.2 Å². The van der Waals surface area contributed by atoms with E-state index in [4.69, 9.17) is 13.9 Å². The summed E-state index contributed by atoms with van der Waals surface area (Å²) in [5, 5.41) is 0. The van der Waals surface area contributed by atoms with Gasteiger partial charge in [-0.1, -0.05) is 12.2 Å². The SMILES string of the molecule is C=C1C2CCC34C1[C@]3(C2)[C@H](C(=O)OC)[C@H]1C2(C)CC[C@H](O[Si](C)(C)C)[C@@]14OC2=O. The number of allylic oxidation sites excluding steroid dienone is 1. The van der Waals surface area contributed by atoms with Crippen molar-refractivity contribution in [3.05, 3.63) is 12.2 Å². The van der Waals surface area contributed by atoms with E-state index in [1.54, 1.807) is 0 Å². The lowest BCUT2D eigenvalue weighted by atomic mass is 9.54. The second-order valence-electron chi connectivity index (χ2n) is 11.8. The molecule has 0 aromatic carbocycles. The van der Waals surface area contributed by atoms with Crippen molar-refractivity contribution >= 4 is 20.3 Å². The van der Waals surface area contributed by atoms with E-state index in [0.29, 0.717) is 5.92 Å². The molecule has 9 atom stereocenters. The van der Waals surface area contributed by atoms with E-state index in [1.807, 2.05) is 6.92 Å². The lowest BCUT2D eigenvalue weighted by Gasteiger charge is -2.52. The molecule has 0 aromatic heterocycles. The van der Waals surface area contributed by atoms with E-state index in [0.717, 1.165) is 32.1 Å². The molecule has 6 aliphatic carbocycles. The highest BCUT2D eigenvalue weighted by atomic mass is 28.4. The zero-order valence-corrected chi connectivity index (χ0v) is 19.2. The van der Waals surface area contributed by atoms with Crippen LogP contribution in [0.2, 0.25) is 19.6 Å². The van der Waals surface area contributed by atoms with E-state index in [-0.39, 0.29) is 46.6 Å². The number of fused-ring (bicyclic) bond motifs is 1. The lowest BCUT2D eigenvalue weighted by Crippen LogP contribution is -2.62. The summed E-state index contributed by atoms with van der Waals surface area (Å²) in [6.07, 6.45) is 4.54. The Kier molecular flexibility index (Phi) is 3.11. The number of esters is 2. The first-order chi connectivity index (χ1) is 13.5. The third-order valence-corrected chi connectivity index (χ3v) is 10.9. The summed E-state index contributed by atoms with van der Waals surface area (Å²) in [6.45, 7) is 13.1. The van der Waals surface area contributed by atoms with Crippen molar-refractivity contribution in [2.75, 3.05) is 7.11 Å². The fraction of sp³-hybridized carbons (Fsp3) is 0.826. The molecule has 6 heteroatoms. The van der Waals surface area contributed by atoms with Crippen LogP contribution in [0.1, 0.15) is 39.0 Å². The first-order valence-corrected chi connectivity index (χ1v) is 14.6. The Bertz CT molecular complexity index is 877. The van der Waals surface area contributed by atoms with Crippen LogP contribution in [0.3, 0.4) is 0 Å². The van der Waals surface area contributed by atoms with Gasteiger partial charge in [0, 0.05) is 16.7 Å². The first-order valence-electron chi connectivity index (χ1n) is 11.2. The fourth-order valence-corrected chi connectivity index (χ4v) is 10.6. The molecule has 0 aromatic rings. The molecule has 6 saturated carbocycles. The molecule has 7 aliphatic rings. The van der Waals surface area contributed by atoms with Crippen LogP contribution in [0.4, 0.5) is 0 Å². The molecule has 6 bridgehead atoms. The number of rotatable bonds is 3. The predicted molar refractivity (Wildman–Crippen MR) is 108 cm³/mol. The minimum absolute atomic E-state index is 0.125. The van der Waals surface area contributed by atoms with E-state index in [9.17, 15) is 9.59 Å². The maximum absolute atomic E-state index is 13.3. The molecular weight excluding hydrogens is 384 g/mol. The van der Waals surface area contributed by atoms with E-state index < -0.39 is 19.3 Å². The second kappa shape index (κ2) is 4.85. The normalized spacial score (nSPS) is 56.0. The molecular formula is C23H32O5Si. The summed E-state index contributed by atoms with van der Waals surface area (Å²) in [5.74, 6) is 0.0614. The quantitative estimate of drug-likeness (QED) is 0.399. The van der Waals surface area contributed by atoms with Crippen LogP contribution in [0, 0.1) is 39.9 Å². The Morgan fingerprint density at radius 1 is 1.24 bits per heavy atom. The zero-order valence-electron chi connectivity index (χ0n) is 18.2. The minimum Gasteiger partial charge on any atom is -0.469 e. The van der Waals surface area contributed by atoms with Gasteiger partial charge in [-0.3, -0.25) is 9.59 Å². The fourth-order valence-electron chi connectivity index (χ4n) is 9.50. The van der Waals surface area contributed by atoms with Crippen molar-refractivity contribution in [1.82, 2.24) is 0 Å². The topological polar surface area (TPSA) is 61.8 Å². The van der Waals surface area contributed by atoms with E-state index >= 15 is 0 Å². The highest BCUT2D eigenvalue weighted by molar-refractivity contribution is 6.69. The molecule has 0 amide bonds. The molecule has 2 spiro atoms. The van der Waals surface area contributed by atoms with Crippen LogP contribution in [-0.4, -0.2) is 39.1 Å². The molecule has 0 N–H and O–H groups in total. The average Bonchev–Trinajstić information content (AvgIpc) is 3.01. The van der Waals surface area contributed by atoms with Gasteiger partial charge in [-0.25, -0.2) is 0 Å².